The molecule has 1 atom stereocenters. The Hall–Kier alpha value is -2.44. The maximum Gasteiger partial charge on any atom is 0.344 e. The van der Waals surface area contributed by atoms with Crippen LogP contribution in [0.5, 0.6) is 0 Å². The van der Waals surface area contributed by atoms with Crippen LogP contribution in [0.3, 0.4) is 0 Å². The molecular formula is C19H27N5O2. The summed E-state index contributed by atoms with van der Waals surface area (Å²) in [7, 11) is 0. The number of carbonyl (C=O) groups excluding carboxylic acids is 2. The Morgan fingerprint density at radius 1 is 1.19 bits per heavy atom. The van der Waals surface area contributed by atoms with Crippen molar-refractivity contribution in [3.05, 3.63) is 24.3 Å². The number of rotatable bonds is 5. The Morgan fingerprint density at radius 2 is 1.92 bits per heavy atom. The lowest BCUT2D eigenvalue weighted by Crippen LogP contribution is -2.51. The van der Waals surface area contributed by atoms with E-state index in [4.69, 9.17) is 0 Å². The van der Waals surface area contributed by atoms with Crippen molar-refractivity contribution < 1.29 is 9.59 Å². The molecule has 0 unspecified atom stereocenters. The number of fused-ring (bicyclic) bond motifs is 1. The highest BCUT2D eigenvalue weighted by Crippen LogP contribution is 2.18. The van der Waals surface area contributed by atoms with E-state index in [-0.39, 0.29) is 17.9 Å². The SMILES string of the molecule is CC(C)C[C@H](NC(=O)n1nnc2ccccc21)C(=O)NC1CCCCC1. The van der Waals surface area contributed by atoms with Crippen LogP contribution in [0.15, 0.2) is 24.3 Å². The van der Waals surface area contributed by atoms with Crippen LogP contribution in [0.25, 0.3) is 11.0 Å². The lowest BCUT2D eigenvalue weighted by atomic mass is 9.94. The van der Waals surface area contributed by atoms with Gasteiger partial charge >= 0.3 is 6.03 Å². The standard InChI is InChI=1S/C19H27N5O2/c1-13(2)12-16(18(25)20-14-8-4-3-5-9-14)21-19(26)24-17-11-7-6-10-15(17)22-23-24/h6-7,10-11,13-14,16H,3-5,8-9,12H2,1-2H3,(H,20,25)(H,21,26)/t16-/m0/s1. The molecule has 26 heavy (non-hydrogen) atoms. The number of carbonyl (C=O) groups is 2. The second-order valence-electron chi connectivity index (χ2n) is 7.47. The molecule has 0 aliphatic heterocycles. The fourth-order valence-corrected chi connectivity index (χ4v) is 3.48. The van der Waals surface area contributed by atoms with Gasteiger partial charge in [0.25, 0.3) is 0 Å². The van der Waals surface area contributed by atoms with Gasteiger partial charge in [0.2, 0.25) is 5.91 Å². The highest BCUT2D eigenvalue weighted by molar-refractivity contribution is 5.91. The van der Waals surface area contributed by atoms with E-state index in [1.807, 2.05) is 26.0 Å². The van der Waals surface area contributed by atoms with E-state index in [1.165, 1.54) is 11.1 Å². The van der Waals surface area contributed by atoms with Crippen LogP contribution >= 0.6 is 0 Å². The molecular weight excluding hydrogens is 330 g/mol. The molecule has 1 aliphatic rings. The van der Waals surface area contributed by atoms with Crippen molar-refractivity contribution in [1.29, 1.82) is 0 Å². The zero-order valence-electron chi connectivity index (χ0n) is 15.4. The largest absolute Gasteiger partial charge is 0.352 e. The molecule has 2 amide bonds. The van der Waals surface area contributed by atoms with Gasteiger partial charge in [0, 0.05) is 6.04 Å². The van der Waals surface area contributed by atoms with Crippen LogP contribution in [0.4, 0.5) is 4.79 Å². The van der Waals surface area contributed by atoms with E-state index in [2.05, 4.69) is 20.9 Å². The van der Waals surface area contributed by atoms with Crippen molar-refractivity contribution in [2.24, 2.45) is 5.92 Å². The van der Waals surface area contributed by atoms with E-state index < -0.39 is 12.1 Å². The first-order valence-electron chi connectivity index (χ1n) is 9.46. The van der Waals surface area contributed by atoms with Gasteiger partial charge < -0.3 is 10.6 Å². The van der Waals surface area contributed by atoms with Gasteiger partial charge in [-0.1, -0.05) is 50.5 Å². The molecule has 1 aliphatic carbocycles. The summed E-state index contributed by atoms with van der Waals surface area (Å²) in [6.07, 6.45) is 6.15. The molecule has 1 aromatic heterocycles. The van der Waals surface area contributed by atoms with Crippen molar-refractivity contribution in [3.63, 3.8) is 0 Å². The number of aromatic nitrogens is 3. The van der Waals surface area contributed by atoms with Crippen LogP contribution < -0.4 is 10.6 Å². The Balaban J connectivity index is 1.70. The number of amides is 2. The van der Waals surface area contributed by atoms with Gasteiger partial charge in [0.1, 0.15) is 11.6 Å². The van der Waals surface area contributed by atoms with E-state index in [0.717, 1.165) is 25.7 Å². The second-order valence-corrected chi connectivity index (χ2v) is 7.47. The third kappa shape index (κ3) is 4.39. The molecule has 0 spiro atoms. The normalized spacial score (nSPS) is 16.6. The Bertz CT molecular complexity index is 764. The minimum absolute atomic E-state index is 0.108. The van der Waals surface area contributed by atoms with Crippen molar-refractivity contribution >= 4 is 23.0 Å². The van der Waals surface area contributed by atoms with Crippen LogP contribution in [-0.4, -0.2) is 39.0 Å². The van der Waals surface area contributed by atoms with Gasteiger partial charge in [0.05, 0.1) is 5.52 Å². The molecule has 1 fully saturated rings. The molecule has 140 valence electrons. The summed E-state index contributed by atoms with van der Waals surface area (Å²) in [6.45, 7) is 4.08. The second kappa shape index (κ2) is 8.29. The molecule has 0 radical (unpaired) electrons. The molecule has 2 aromatic rings. The van der Waals surface area contributed by atoms with Gasteiger partial charge in [0.15, 0.2) is 0 Å². The zero-order chi connectivity index (χ0) is 18.5. The van der Waals surface area contributed by atoms with Crippen LogP contribution in [0, 0.1) is 5.92 Å². The third-order valence-corrected chi connectivity index (χ3v) is 4.82. The summed E-state index contributed by atoms with van der Waals surface area (Å²) in [5.74, 6) is 0.174. The average molecular weight is 357 g/mol. The van der Waals surface area contributed by atoms with Crippen LogP contribution in [0.1, 0.15) is 52.4 Å². The number of nitrogens with zero attached hydrogens (tertiary/aromatic N) is 3. The molecule has 2 N–H and O–H groups in total. The third-order valence-electron chi connectivity index (χ3n) is 4.82. The first-order valence-corrected chi connectivity index (χ1v) is 9.46. The average Bonchev–Trinajstić information content (AvgIpc) is 3.06. The van der Waals surface area contributed by atoms with Gasteiger partial charge in [-0.05, 0) is 37.3 Å². The number of para-hydroxylation sites is 1. The Morgan fingerprint density at radius 3 is 2.65 bits per heavy atom. The summed E-state index contributed by atoms with van der Waals surface area (Å²) in [6, 6.07) is 6.47. The Kier molecular flexibility index (Phi) is 5.85. The summed E-state index contributed by atoms with van der Waals surface area (Å²) < 4.78 is 1.22. The van der Waals surface area contributed by atoms with Crippen LogP contribution in [0.2, 0.25) is 0 Å². The smallest absolute Gasteiger partial charge is 0.344 e. The molecule has 7 nitrogen and oxygen atoms in total. The summed E-state index contributed by atoms with van der Waals surface area (Å²) in [5.41, 5.74) is 1.27. The maximum atomic E-state index is 12.7. The summed E-state index contributed by atoms with van der Waals surface area (Å²) >= 11 is 0. The van der Waals surface area contributed by atoms with Crippen molar-refractivity contribution in [1.82, 2.24) is 25.6 Å². The van der Waals surface area contributed by atoms with Gasteiger partial charge in [-0.3, -0.25) is 4.79 Å². The van der Waals surface area contributed by atoms with Crippen molar-refractivity contribution in [3.8, 4) is 0 Å². The first-order chi connectivity index (χ1) is 12.5. The van der Waals surface area contributed by atoms with Gasteiger partial charge in [-0.2, -0.15) is 4.68 Å². The predicted molar refractivity (Wildman–Crippen MR) is 99.7 cm³/mol. The quantitative estimate of drug-likeness (QED) is 0.861. The molecule has 0 bridgehead atoms. The van der Waals surface area contributed by atoms with Crippen LogP contribution in [-0.2, 0) is 4.79 Å². The maximum absolute atomic E-state index is 12.7. The van der Waals surface area contributed by atoms with E-state index in [0.29, 0.717) is 17.5 Å². The number of nitrogens with one attached hydrogen (secondary N) is 2. The predicted octanol–water partition coefficient (Wildman–Crippen LogP) is 2.85. The van der Waals surface area contributed by atoms with Crippen molar-refractivity contribution in [2.75, 3.05) is 0 Å². The minimum atomic E-state index is -0.576. The first kappa shape index (κ1) is 18.4. The lowest BCUT2D eigenvalue weighted by molar-refractivity contribution is -0.124. The molecule has 7 heteroatoms. The van der Waals surface area contributed by atoms with Gasteiger partial charge in [-0.15, -0.1) is 5.10 Å². The summed E-state index contributed by atoms with van der Waals surface area (Å²) in [5, 5.41) is 13.9. The molecule has 1 saturated carbocycles. The van der Waals surface area contributed by atoms with E-state index in [1.54, 1.807) is 12.1 Å². The van der Waals surface area contributed by atoms with Gasteiger partial charge in [-0.25, -0.2) is 4.79 Å². The molecule has 1 heterocycles. The van der Waals surface area contributed by atoms with E-state index >= 15 is 0 Å². The van der Waals surface area contributed by atoms with Crippen molar-refractivity contribution in [2.45, 2.75) is 64.5 Å². The number of hydrogen-bond donors (Lipinski definition) is 2. The van der Waals surface area contributed by atoms with E-state index in [9.17, 15) is 9.59 Å². The zero-order valence-corrected chi connectivity index (χ0v) is 15.4. The monoisotopic (exact) mass is 357 g/mol. The Labute approximate surface area is 153 Å². The molecule has 1 aromatic carbocycles. The minimum Gasteiger partial charge on any atom is -0.352 e. The topological polar surface area (TPSA) is 88.9 Å². The molecule has 3 rings (SSSR count). The lowest BCUT2D eigenvalue weighted by Gasteiger charge is -2.26. The number of benzene rings is 1. The molecule has 0 saturated heterocycles. The number of hydrogen-bond acceptors (Lipinski definition) is 4. The fourth-order valence-electron chi connectivity index (χ4n) is 3.48. The fraction of sp³-hybridized carbons (Fsp3) is 0.579. The highest BCUT2D eigenvalue weighted by Gasteiger charge is 2.26. The highest BCUT2D eigenvalue weighted by atomic mass is 16.2. The summed E-state index contributed by atoms with van der Waals surface area (Å²) in [4.78, 5) is 25.4.